The number of para-hydroxylation sites is 7. The summed E-state index contributed by atoms with van der Waals surface area (Å²) >= 11 is 0. The van der Waals surface area contributed by atoms with Crippen LogP contribution in [0.5, 0.6) is 0 Å². The zero-order chi connectivity index (χ0) is 37.5. The molecule has 12 aromatic rings. The van der Waals surface area contributed by atoms with Gasteiger partial charge in [-0.05, 0) is 72.8 Å². The molecule has 0 spiro atoms. The first-order valence-corrected chi connectivity index (χ1v) is 19.1. The van der Waals surface area contributed by atoms with E-state index in [1.807, 2.05) is 24.3 Å². The SMILES string of the molecule is c1ccc(-n2c3ccccc3c3cccc(-c4nc(-c5ccc6oc7ccccc7c6c5)nc(-c5cccc6c7ccccc7n(-c7ccccc7)c56)n4)c32)cc1. The molecular formula is C51H31N5O. The molecule has 0 N–H and O–H groups in total. The third-order valence-corrected chi connectivity index (χ3v) is 11.2. The van der Waals surface area contributed by atoms with Crippen molar-refractivity contribution in [1.29, 1.82) is 0 Å². The Balaban J connectivity index is 1.19. The summed E-state index contributed by atoms with van der Waals surface area (Å²) in [7, 11) is 0. The fourth-order valence-electron chi connectivity index (χ4n) is 8.70. The van der Waals surface area contributed by atoms with Crippen LogP contribution in [-0.2, 0) is 0 Å². The predicted molar refractivity (Wildman–Crippen MR) is 232 cm³/mol. The Morgan fingerprint density at radius 2 is 0.789 bits per heavy atom. The largest absolute Gasteiger partial charge is 0.456 e. The van der Waals surface area contributed by atoms with Crippen molar-refractivity contribution in [2.24, 2.45) is 0 Å². The first-order chi connectivity index (χ1) is 28.3. The van der Waals surface area contributed by atoms with Crippen LogP contribution in [-0.4, -0.2) is 24.1 Å². The first-order valence-electron chi connectivity index (χ1n) is 19.1. The number of fused-ring (bicyclic) bond motifs is 9. The van der Waals surface area contributed by atoms with E-state index < -0.39 is 0 Å². The lowest BCUT2D eigenvalue weighted by Gasteiger charge is -2.14. The van der Waals surface area contributed by atoms with Crippen molar-refractivity contribution in [2.45, 2.75) is 0 Å². The van der Waals surface area contributed by atoms with Gasteiger partial charge in [0, 0.05) is 60.4 Å². The van der Waals surface area contributed by atoms with Crippen LogP contribution in [0.4, 0.5) is 0 Å². The van der Waals surface area contributed by atoms with Gasteiger partial charge in [0.25, 0.3) is 0 Å². The molecule has 0 amide bonds. The Morgan fingerprint density at radius 3 is 1.37 bits per heavy atom. The summed E-state index contributed by atoms with van der Waals surface area (Å²) in [5, 5.41) is 6.67. The molecule has 0 unspecified atom stereocenters. The van der Waals surface area contributed by atoms with Crippen LogP contribution in [0, 0.1) is 0 Å². The monoisotopic (exact) mass is 729 g/mol. The van der Waals surface area contributed by atoms with E-state index in [-0.39, 0.29) is 0 Å². The second-order valence-electron chi connectivity index (χ2n) is 14.4. The van der Waals surface area contributed by atoms with Crippen molar-refractivity contribution < 1.29 is 4.42 Å². The molecule has 266 valence electrons. The van der Waals surface area contributed by atoms with E-state index in [0.29, 0.717) is 17.5 Å². The number of furan rings is 1. The number of hydrogen-bond acceptors (Lipinski definition) is 4. The van der Waals surface area contributed by atoms with Crippen molar-refractivity contribution in [3.8, 4) is 45.5 Å². The molecule has 0 aliphatic carbocycles. The van der Waals surface area contributed by atoms with Gasteiger partial charge in [-0.3, -0.25) is 0 Å². The molecule has 6 nitrogen and oxygen atoms in total. The van der Waals surface area contributed by atoms with Gasteiger partial charge in [-0.2, -0.15) is 0 Å². The van der Waals surface area contributed by atoms with Gasteiger partial charge in [-0.25, -0.2) is 15.0 Å². The van der Waals surface area contributed by atoms with Gasteiger partial charge in [0.1, 0.15) is 11.2 Å². The zero-order valence-corrected chi connectivity index (χ0v) is 30.5. The molecule has 0 fully saturated rings. The molecule has 4 heterocycles. The molecule has 0 aliphatic heterocycles. The highest BCUT2D eigenvalue weighted by atomic mass is 16.3. The van der Waals surface area contributed by atoms with Crippen LogP contribution in [0.3, 0.4) is 0 Å². The van der Waals surface area contributed by atoms with Crippen LogP contribution in [0.1, 0.15) is 0 Å². The smallest absolute Gasteiger partial charge is 0.166 e. The van der Waals surface area contributed by atoms with E-state index >= 15 is 0 Å². The number of nitrogens with zero attached hydrogens (tertiary/aromatic N) is 5. The third kappa shape index (κ3) is 4.81. The molecule has 57 heavy (non-hydrogen) atoms. The molecule has 8 aromatic carbocycles. The number of hydrogen-bond donors (Lipinski definition) is 0. The third-order valence-electron chi connectivity index (χ3n) is 11.2. The molecule has 12 rings (SSSR count). The quantitative estimate of drug-likeness (QED) is 0.177. The van der Waals surface area contributed by atoms with Crippen LogP contribution in [0.2, 0.25) is 0 Å². The minimum atomic E-state index is 0.584. The summed E-state index contributed by atoms with van der Waals surface area (Å²) in [5.74, 6) is 1.77. The van der Waals surface area contributed by atoms with E-state index in [0.717, 1.165) is 82.8 Å². The van der Waals surface area contributed by atoms with Gasteiger partial charge in [0.05, 0.1) is 22.1 Å². The van der Waals surface area contributed by atoms with Gasteiger partial charge >= 0.3 is 0 Å². The molecule has 0 atom stereocenters. The summed E-state index contributed by atoms with van der Waals surface area (Å²) in [6.07, 6.45) is 0. The van der Waals surface area contributed by atoms with Gasteiger partial charge < -0.3 is 13.6 Å². The normalized spacial score (nSPS) is 11.9. The number of aromatic nitrogens is 5. The zero-order valence-electron chi connectivity index (χ0n) is 30.5. The minimum absolute atomic E-state index is 0.584. The Hall–Kier alpha value is -7.83. The second kappa shape index (κ2) is 12.3. The first kappa shape index (κ1) is 31.5. The van der Waals surface area contributed by atoms with Gasteiger partial charge in [-0.1, -0.05) is 115 Å². The highest BCUT2D eigenvalue weighted by Crippen LogP contribution is 2.41. The summed E-state index contributed by atoms with van der Waals surface area (Å²) in [4.78, 5) is 16.2. The Morgan fingerprint density at radius 1 is 0.333 bits per heavy atom. The minimum Gasteiger partial charge on any atom is -0.456 e. The second-order valence-corrected chi connectivity index (χ2v) is 14.4. The van der Waals surface area contributed by atoms with E-state index in [1.54, 1.807) is 0 Å². The molecule has 0 radical (unpaired) electrons. The summed E-state index contributed by atoms with van der Waals surface area (Å²) in [6, 6.07) is 65.5. The molecule has 0 saturated heterocycles. The van der Waals surface area contributed by atoms with Crippen molar-refractivity contribution in [3.05, 3.63) is 188 Å². The van der Waals surface area contributed by atoms with Gasteiger partial charge in [-0.15, -0.1) is 0 Å². The summed E-state index contributed by atoms with van der Waals surface area (Å²) in [6.45, 7) is 0. The molecule has 4 aromatic heterocycles. The van der Waals surface area contributed by atoms with Crippen LogP contribution in [0.25, 0.3) is 111 Å². The Kier molecular flexibility index (Phi) is 6.83. The highest BCUT2D eigenvalue weighted by molar-refractivity contribution is 6.15. The van der Waals surface area contributed by atoms with Crippen LogP contribution in [0.15, 0.2) is 192 Å². The summed E-state index contributed by atoms with van der Waals surface area (Å²) in [5.41, 5.74) is 10.9. The average molecular weight is 730 g/mol. The fourth-order valence-corrected chi connectivity index (χ4v) is 8.70. The lowest BCUT2D eigenvalue weighted by Crippen LogP contribution is -2.03. The molecule has 0 saturated carbocycles. The van der Waals surface area contributed by atoms with Gasteiger partial charge in [0.2, 0.25) is 0 Å². The molecular weight excluding hydrogens is 699 g/mol. The maximum atomic E-state index is 6.24. The average Bonchev–Trinajstić information content (AvgIpc) is 3.94. The maximum absolute atomic E-state index is 6.24. The van der Waals surface area contributed by atoms with E-state index in [1.165, 1.54) is 10.8 Å². The molecule has 0 aliphatic rings. The van der Waals surface area contributed by atoms with Crippen molar-refractivity contribution in [3.63, 3.8) is 0 Å². The maximum Gasteiger partial charge on any atom is 0.166 e. The van der Waals surface area contributed by atoms with E-state index in [2.05, 4.69) is 173 Å². The van der Waals surface area contributed by atoms with Crippen molar-refractivity contribution in [2.75, 3.05) is 0 Å². The lowest BCUT2D eigenvalue weighted by atomic mass is 10.1. The standard InChI is InChI=1S/C51H31N5O/c1-3-15-33(16-4-1)55-43-26-10-7-19-35(43)38-22-13-24-40(47(38)55)50-52-49(32-29-30-46-42(31-32)37-21-9-12-28-45(37)57-46)53-51(54-50)41-25-14-23-39-36-20-8-11-27-44(36)56(48(39)41)34-17-5-2-6-18-34/h1-31H. The topological polar surface area (TPSA) is 61.7 Å². The molecule has 0 bridgehead atoms. The summed E-state index contributed by atoms with van der Waals surface area (Å²) < 4.78 is 10.9. The van der Waals surface area contributed by atoms with Crippen LogP contribution < -0.4 is 0 Å². The highest BCUT2D eigenvalue weighted by Gasteiger charge is 2.23. The predicted octanol–water partition coefficient (Wildman–Crippen LogP) is 13.0. The van der Waals surface area contributed by atoms with Gasteiger partial charge in [0.15, 0.2) is 17.5 Å². The fraction of sp³-hybridized carbons (Fsp3) is 0. The van der Waals surface area contributed by atoms with Crippen LogP contribution >= 0.6 is 0 Å². The van der Waals surface area contributed by atoms with E-state index in [9.17, 15) is 0 Å². The Labute approximate surface area is 326 Å². The van der Waals surface area contributed by atoms with E-state index in [4.69, 9.17) is 19.4 Å². The number of benzene rings is 8. The molecule has 6 heteroatoms. The Bertz CT molecular complexity index is 3350. The van der Waals surface area contributed by atoms with Crippen molar-refractivity contribution >= 4 is 65.6 Å². The lowest BCUT2D eigenvalue weighted by molar-refractivity contribution is 0.669. The van der Waals surface area contributed by atoms with Crippen molar-refractivity contribution in [1.82, 2.24) is 24.1 Å². The number of rotatable bonds is 5.